The predicted octanol–water partition coefficient (Wildman–Crippen LogP) is 2.20. The lowest BCUT2D eigenvalue weighted by molar-refractivity contribution is -0.117. The van der Waals surface area contributed by atoms with Gasteiger partial charge in [0.15, 0.2) is 0 Å². The van der Waals surface area contributed by atoms with Crippen molar-refractivity contribution < 1.29 is 9.90 Å². The van der Waals surface area contributed by atoms with E-state index >= 15 is 0 Å². The molecule has 1 aromatic carbocycles. The number of nitrogens with zero attached hydrogens (tertiary/aromatic N) is 3. The Labute approximate surface area is 145 Å². The fraction of sp³-hybridized carbons (Fsp3) is 0.294. The maximum Gasteiger partial charge on any atom is 0.239 e. The molecule has 0 atom stereocenters. The number of piperazine rings is 1. The summed E-state index contributed by atoms with van der Waals surface area (Å²) in [5.41, 5.74) is 0.840. The van der Waals surface area contributed by atoms with Crippen molar-refractivity contribution in [1.29, 1.82) is 0 Å². The molecule has 1 amide bonds. The first kappa shape index (κ1) is 16.5. The van der Waals surface area contributed by atoms with E-state index in [1.54, 1.807) is 18.2 Å². The molecule has 24 heavy (non-hydrogen) atoms. The van der Waals surface area contributed by atoms with E-state index in [4.69, 9.17) is 11.6 Å². The van der Waals surface area contributed by atoms with Crippen LogP contribution in [0.1, 0.15) is 0 Å². The summed E-state index contributed by atoms with van der Waals surface area (Å²) in [6.07, 6.45) is 1.50. The molecule has 1 saturated heterocycles. The highest BCUT2D eigenvalue weighted by Crippen LogP contribution is 2.27. The van der Waals surface area contributed by atoms with Crippen LogP contribution >= 0.6 is 11.6 Å². The molecule has 126 valence electrons. The van der Waals surface area contributed by atoms with Gasteiger partial charge >= 0.3 is 0 Å². The number of carbonyl (C=O) groups is 1. The van der Waals surface area contributed by atoms with E-state index in [1.165, 1.54) is 6.20 Å². The molecule has 1 aromatic heterocycles. The summed E-state index contributed by atoms with van der Waals surface area (Å²) in [7, 11) is 0. The van der Waals surface area contributed by atoms with Crippen LogP contribution in [0.25, 0.3) is 0 Å². The van der Waals surface area contributed by atoms with Crippen LogP contribution in [-0.4, -0.2) is 53.6 Å². The van der Waals surface area contributed by atoms with Crippen LogP contribution in [0.2, 0.25) is 5.02 Å². The molecule has 0 saturated carbocycles. The molecule has 0 unspecified atom stereocenters. The van der Waals surface area contributed by atoms with Crippen LogP contribution in [0.3, 0.4) is 0 Å². The smallest absolute Gasteiger partial charge is 0.239 e. The average Bonchev–Trinajstić information content (AvgIpc) is 2.58. The average molecular weight is 347 g/mol. The molecule has 0 aliphatic carbocycles. The van der Waals surface area contributed by atoms with Gasteiger partial charge in [-0.15, -0.1) is 0 Å². The van der Waals surface area contributed by atoms with E-state index in [2.05, 4.69) is 20.1 Å². The topological polar surface area (TPSA) is 68.7 Å². The number of hydrogen-bond donors (Lipinski definition) is 2. The van der Waals surface area contributed by atoms with Crippen molar-refractivity contribution in [3.63, 3.8) is 0 Å². The number of rotatable bonds is 4. The molecule has 0 bridgehead atoms. The summed E-state index contributed by atoms with van der Waals surface area (Å²) in [6, 6.07) is 10.7. The molecular weight excluding hydrogens is 328 g/mol. The highest BCUT2D eigenvalue weighted by atomic mass is 35.5. The monoisotopic (exact) mass is 346 g/mol. The Morgan fingerprint density at radius 2 is 1.92 bits per heavy atom. The lowest BCUT2D eigenvalue weighted by atomic mass is 10.2. The number of halogens is 1. The third-order valence-corrected chi connectivity index (χ3v) is 4.18. The summed E-state index contributed by atoms with van der Waals surface area (Å²) in [4.78, 5) is 20.4. The molecule has 0 spiro atoms. The highest BCUT2D eigenvalue weighted by Gasteiger charge is 2.20. The van der Waals surface area contributed by atoms with Crippen molar-refractivity contribution in [2.75, 3.05) is 42.9 Å². The fourth-order valence-corrected chi connectivity index (χ4v) is 2.83. The summed E-state index contributed by atoms with van der Waals surface area (Å²) < 4.78 is 0. The van der Waals surface area contributed by atoms with Crippen LogP contribution in [0, 0.1) is 0 Å². The molecular formula is C17H19ClN4O2. The number of amides is 1. The summed E-state index contributed by atoms with van der Waals surface area (Å²) >= 11 is 5.77. The lowest BCUT2D eigenvalue weighted by Gasteiger charge is -2.35. The number of pyridine rings is 1. The van der Waals surface area contributed by atoms with Crippen molar-refractivity contribution in [3.05, 3.63) is 47.6 Å². The molecule has 2 heterocycles. The number of benzene rings is 1. The molecule has 0 radical (unpaired) electrons. The first-order valence-corrected chi connectivity index (χ1v) is 8.16. The van der Waals surface area contributed by atoms with Crippen LogP contribution in [0.15, 0.2) is 42.6 Å². The van der Waals surface area contributed by atoms with Gasteiger partial charge in [-0.3, -0.25) is 9.69 Å². The molecule has 2 N–H and O–H groups in total. The van der Waals surface area contributed by atoms with Crippen molar-refractivity contribution in [2.24, 2.45) is 0 Å². The fourth-order valence-electron chi connectivity index (χ4n) is 2.71. The summed E-state index contributed by atoms with van der Waals surface area (Å²) in [5, 5.41) is 13.2. The molecule has 6 nitrogen and oxygen atoms in total. The van der Waals surface area contributed by atoms with Crippen LogP contribution in [-0.2, 0) is 4.79 Å². The van der Waals surface area contributed by atoms with Crippen molar-refractivity contribution in [2.45, 2.75) is 0 Å². The van der Waals surface area contributed by atoms with Gasteiger partial charge in [0.2, 0.25) is 5.91 Å². The number of hydrogen-bond acceptors (Lipinski definition) is 5. The molecule has 1 aliphatic heterocycles. The molecule has 1 aliphatic rings. The lowest BCUT2D eigenvalue weighted by Crippen LogP contribution is -2.48. The van der Waals surface area contributed by atoms with Gasteiger partial charge in [0, 0.05) is 32.4 Å². The Morgan fingerprint density at radius 1 is 1.17 bits per heavy atom. The quantitative estimate of drug-likeness (QED) is 0.888. The molecule has 2 aromatic rings. The van der Waals surface area contributed by atoms with Crippen molar-refractivity contribution >= 4 is 29.0 Å². The van der Waals surface area contributed by atoms with E-state index in [0.29, 0.717) is 17.4 Å². The van der Waals surface area contributed by atoms with Gasteiger partial charge in [-0.25, -0.2) is 4.98 Å². The first-order valence-electron chi connectivity index (χ1n) is 7.78. The van der Waals surface area contributed by atoms with Crippen LogP contribution in [0.5, 0.6) is 5.75 Å². The first-order chi connectivity index (χ1) is 11.6. The predicted molar refractivity (Wildman–Crippen MR) is 94.6 cm³/mol. The maximum atomic E-state index is 12.1. The Kier molecular flexibility index (Phi) is 5.17. The minimum atomic E-state index is -0.0965. The third-order valence-electron chi connectivity index (χ3n) is 3.96. The molecule has 7 heteroatoms. The largest absolute Gasteiger partial charge is 0.506 e. The number of aromatic nitrogens is 1. The highest BCUT2D eigenvalue weighted by molar-refractivity contribution is 6.30. The van der Waals surface area contributed by atoms with Gasteiger partial charge in [-0.1, -0.05) is 23.7 Å². The second kappa shape index (κ2) is 7.51. The van der Waals surface area contributed by atoms with Gasteiger partial charge in [0.25, 0.3) is 0 Å². The zero-order valence-electron chi connectivity index (χ0n) is 13.2. The van der Waals surface area contributed by atoms with Gasteiger partial charge in [-0.2, -0.15) is 0 Å². The number of nitrogens with one attached hydrogen (secondary N) is 1. The maximum absolute atomic E-state index is 12.1. The zero-order valence-corrected chi connectivity index (χ0v) is 13.9. The van der Waals surface area contributed by atoms with Crippen LogP contribution in [0.4, 0.5) is 11.5 Å². The SMILES string of the molecule is O=C(CN1CCN(c2ccccc2O)CC1)Nc1ccc(Cl)cn1. The van der Waals surface area contributed by atoms with Crippen LogP contribution < -0.4 is 10.2 Å². The Bertz CT molecular complexity index is 700. The van der Waals surface area contributed by atoms with Gasteiger partial charge in [-0.05, 0) is 24.3 Å². The number of para-hydroxylation sites is 2. The summed E-state index contributed by atoms with van der Waals surface area (Å²) in [5.74, 6) is 0.690. The van der Waals surface area contributed by atoms with Crippen molar-refractivity contribution in [1.82, 2.24) is 9.88 Å². The van der Waals surface area contributed by atoms with Gasteiger partial charge in [0.05, 0.1) is 17.3 Å². The van der Waals surface area contributed by atoms with Gasteiger partial charge < -0.3 is 15.3 Å². The van der Waals surface area contributed by atoms with E-state index in [-0.39, 0.29) is 11.7 Å². The minimum Gasteiger partial charge on any atom is -0.506 e. The van der Waals surface area contributed by atoms with E-state index in [9.17, 15) is 9.90 Å². The van der Waals surface area contributed by atoms with Gasteiger partial charge in [0.1, 0.15) is 11.6 Å². The normalized spacial score (nSPS) is 15.3. The number of anilines is 2. The Morgan fingerprint density at radius 3 is 2.58 bits per heavy atom. The van der Waals surface area contributed by atoms with E-state index < -0.39 is 0 Å². The third kappa shape index (κ3) is 4.15. The van der Waals surface area contributed by atoms with E-state index in [0.717, 1.165) is 31.9 Å². The Hall–Kier alpha value is -2.31. The summed E-state index contributed by atoms with van der Waals surface area (Å²) in [6.45, 7) is 3.37. The number of phenolic OH excluding ortho intramolecular Hbond substituents is 1. The standard InChI is InChI=1S/C17H19ClN4O2/c18-13-5-6-16(19-11-13)20-17(24)12-21-7-9-22(10-8-21)14-3-1-2-4-15(14)23/h1-6,11,23H,7-10,12H2,(H,19,20,24). The zero-order chi connectivity index (χ0) is 16.9. The number of phenols is 1. The second-order valence-corrected chi connectivity index (χ2v) is 6.10. The number of carbonyl (C=O) groups excluding carboxylic acids is 1. The minimum absolute atomic E-state index is 0.0965. The van der Waals surface area contributed by atoms with Crippen molar-refractivity contribution in [3.8, 4) is 5.75 Å². The second-order valence-electron chi connectivity index (χ2n) is 5.66. The molecule has 3 rings (SSSR count). The molecule has 1 fully saturated rings. The Balaban J connectivity index is 1.49. The van der Waals surface area contributed by atoms with E-state index in [1.807, 2.05) is 18.2 Å². The number of aromatic hydroxyl groups is 1.